The Hall–Kier alpha value is -1.89. The number of fused-ring (bicyclic) bond motifs is 1. The number of nitrogen functional groups attached to an aromatic ring is 1. The predicted molar refractivity (Wildman–Crippen MR) is 90.5 cm³/mol. The number of imidazole rings is 1. The summed E-state index contributed by atoms with van der Waals surface area (Å²) in [4.78, 5) is 12.2. The molecule has 0 spiro atoms. The van der Waals surface area contributed by atoms with Gasteiger partial charge >= 0.3 is 0 Å². The van der Waals surface area contributed by atoms with Crippen LogP contribution < -0.4 is 11.5 Å². The zero-order valence-corrected chi connectivity index (χ0v) is 14.2. The van der Waals surface area contributed by atoms with Gasteiger partial charge in [-0.1, -0.05) is 0 Å². The van der Waals surface area contributed by atoms with E-state index in [1.54, 1.807) is 0 Å². The molecular formula is C15H24N6O5. The normalized spacial score (nSPS) is 28.8. The predicted octanol–water partition coefficient (Wildman–Crippen LogP) is -1.72. The molecule has 0 amide bonds. The Morgan fingerprint density at radius 1 is 1.23 bits per heavy atom. The third kappa shape index (κ3) is 3.13. The quantitative estimate of drug-likeness (QED) is 0.337. The highest BCUT2D eigenvalue weighted by Crippen LogP contribution is 2.39. The van der Waals surface area contributed by atoms with E-state index in [1.807, 2.05) is 0 Å². The van der Waals surface area contributed by atoms with Gasteiger partial charge in [0.05, 0.1) is 13.2 Å². The monoisotopic (exact) mass is 368 g/mol. The molecule has 2 aromatic heterocycles. The lowest BCUT2D eigenvalue weighted by molar-refractivity contribution is -0.314. The van der Waals surface area contributed by atoms with Gasteiger partial charge in [-0.05, 0) is 25.8 Å². The molecule has 2 aromatic rings. The molecular weight excluding hydrogens is 344 g/mol. The summed E-state index contributed by atoms with van der Waals surface area (Å²) < 4.78 is 13.0. The summed E-state index contributed by atoms with van der Waals surface area (Å²) in [6, 6.07) is 0. The number of aromatic nitrogens is 4. The van der Waals surface area contributed by atoms with Gasteiger partial charge in [0.1, 0.15) is 30.4 Å². The Morgan fingerprint density at radius 3 is 2.73 bits per heavy atom. The maximum absolute atomic E-state index is 10.7. The SMILES string of the molecule is NCCCCCO[C@@]1(n2cnc3c(N)ncnc32)O[C@H](CO)[C@@H](O)[C@H]1O. The first-order valence-electron chi connectivity index (χ1n) is 8.48. The number of aliphatic hydroxyl groups excluding tert-OH is 3. The van der Waals surface area contributed by atoms with Crippen LogP contribution in [0.1, 0.15) is 19.3 Å². The first-order valence-corrected chi connectivity index (χ1v) is 8.48. The molecule has 3 rings (SSSR count). The average Bonchev–Trinajstić information content (AvgIpc) is 3.18. The Bertz CT molecular complexity index is 742. The molecule has 0 saturated carbocycles. The van der Waals surface area contributed by atoms with Crippen LogP contribution in [0.2, 0.25) is 0 Å². The largest absolute Gasteiger partial charge is 0.394 e. The molecule has 1 aliphatic heterocycles. The summed E-state index contributed by atoms with van der Waals surface area (Å²) in [7, 11) is 0. The minimum Gasteiger partial charge on any atom is -0.394 e. The minimum absolute atomic E-state index is 0.165. The lowest BCUT2D eigenvalue weighted by atomic mass is 10.1. The Balaban J connectivity index is 1.96. The molecule has 1 saturated heterocycles. The van der Waals surface area contributed by atoms with Crippen LogP contribution in [0, 0.1) is 0 Å². The molecule has 0 bridgehead atoms. The summed E-state index contributed by atoms with van der Waals surface area (Å²) in [5, 5.41) is 30.3. The standard InChI is InChI=1S/C15H24N6O5/c16-4-2-1-3-5-25-15(12(24)11(23)9(6-22)26-15)21-8-20-10-13(17)18-7-19-14(10)21/h7-9,11-12,22-24H,1-6,16H2,(H2,17,18,19)/t9-,11-,12-,15-/m1/s1. The second kappa shape index (κ2) is 7.78. The summed E-state index contributed by atoms with van der Waals surface area (Å²) in [6.07, 6.45) is 1.14. The molecule has 7 N–H and O–H groups in total. The Morgan fingerprint density at radius 2 is 2.04 bits per heavy atom. The number of hydrogen-bond acceptors (Lipinski definition) is 10. The van der Waals surface area contributed by atoms with Crippen molar-refractivity contribution < 1.29 is 24.8 Å². The molecule has 26 heavy (non-hydrogen) atoms. The van der Waals surface area contributed by atoms with Crippen molar-refractivity contribution >= 4 is 17.0 Å². The summed E-state index contributed by atoms with van der Waals surface area (Å²) in [5.41, 5.74) is 11.9. The van der Waals surface area contributed by atoms with Gasteiger partial charge in [0, 0.05) is 0 Å². The van der Waals surface area contributed by atoms with E-state index in [2.05, 4.69) is 15.0 Å². The molecule has 1 fully saturated rings. The van der Waals surface area contributed by atoms with Crippen LogP contribution in [0.4, 0.5) is 5.82 Å². The molecule has 0 aliphatic carbocycles. The number of anilines is 1. The van der Waals surface area contributed by atoms with Crippen molar-refractivity contribution in [3.8, 4) is 0 Å². The maximum Gasteiger partial charge on any atom is 0.288 e. The van der Waals surface area contributed by atoms with Crippen molar-refractivity contribution in [3.63, 3.8) is 0 Å². The molecule has 3 heterocycles. The van der Waals surface area contributed by atoms with Gasteiger partial charge in [-0.25, -0.2) is 15.0 Å². The third-order valence-corrected chi connectivity index (χ3v) is 4.43. The lowest BCUT2D eigenvalue weighted by Gasteiger charge is -2.33. The number of aliphatic hydroxyl groups is 3. The molecule has 11 heteroatoms. The number of unbranched alkanes of at least 4 members (excludes halogenated alkanes) is 2. The number of hydrogen-bond donors (Lipinski definition) is 5. The topological polar surface area (TPSA) is 175 Å². The second-order valence-corrected chi connectivity index (χ2v) is 6.15. The van der Waals surface area contributed by atoms with E-state index in [9.17, 15) is 15.3 Å². The number of rotatable bonds is 8. The van der Waals surface area contributed by atoms with Crippen molar-refractivity contribution in [3.05, 3.63) is 12.7 Å². The van der Waals surface area contributed by atoms with Gasteiger partial charge in [0.2, 0.25) is 0 Å². The molecule has 11 nitrogen and oxygen atoms in total. The van der Waals surface area contributed by atoms with Gasteiger partial charge in [-0.15, -0.1) is 0 Å². The van der Waals surface area contributed by atoms with E-state index in [4.69, 9.17) is 20.9 Å². The molecule has 0 radical (unpaired) electrons. The van der Waals surface area contributed by atoms with Crippen LogP contribution in [0.25, 0.3) is 11.2 Å². The maximum atomic E-state index is 10.7. The van der Waals surface area contributed by atoms with Crippen LogP contribution in [0.3, 0.4) is 0 Å². The molecule has 0 unspecified atom stereocenters. The first-order chi connectivity index (χ1) is 12.5. The zero-order chi connectivity index (χ0) is 18.7. The van der Waals surface area contributed by atoms with Gasteiger partial charge in [0.25, 0.3) is 5.91 Å². The van der Waals surface area contributed by atoms with Crippen LogP contribution in [0.15, 0.2) is 12.7 Å². The second-order valence-electron chi connectivity index (χ2n) is 6.15. The van der Waals surface area contributed by atoms with Gasteiger partial charge in [-0.3, -0.25) is 4.57 Å². The van der Waals surface area contributed by atoms with E-state index < -0.39 is 30.8 Å². The first kappa shape index (κ1) is 18.9. The number of ether oxygens (including phenoxy) is 2. The third-order valence-electron chi connectivity index (χ3n) is 4.43. The summed E-state index contributed by atoms with van der Waals surface area (Å²) >= 11 is 0. The van der Waals surface area contributed by atoms with Crippen LogP contribution in [0.5, 0.6) is 0 Å². The summed E-state index contributed by atoms with van der Waals surface area (Å²) in [6.45, 7) is 0.334. The molecule has 0 aromatic carbocycles. The van der Waals surface area contributed by atoms with Gasteiger partial charge < -0.3 is 36.3 Å². The van der Waals surface area contributed by atoms with Crippen LogP contribution in [-0.4, -0.2) is 72.9 Å². The zero-order valence-electron chi connectivity index (χ0n) is 14.2. The summed E-state index contributed by atoms with van der Waals surface area (Å²) in [5.74, 6) is -1.62. The number of nitrogens with two attached hydrogens (primary N) is 2. The lowest BCUT2D eigenvalue weighted by Crippen LogP contribution is -2.48. The fraction of sp³-hybridized carbons (Fsp3) is 0.667. The fourth-order valence-electron chi connectivity index (χ4n) is 3.03. The van der Waals surface area contributed by atoms with Crippen molar-refractivity contribution in [1.29, 1.82) is 0 Å². The number of nitrogens with zero attached hydrogens (tertiary/aromatic N) is 4. The van der Waals surface area contributed by atoms with Crippen molar-refractivity contribution in [2.75, 3.05) is 25.5 Å². The van der Waals surface area contributed by atoms with Crippen molar-refractivity contribution in [1.82, 2.24) is 19.5 Å². The fourth-order valence-corrected chi connectivity index (χ4v) is 3.03. The van der Waals surface area contributed by atoms with Gasteiger partial charge in [0.15, 0.2) is 17.6 Å². The van der Waals surface area contributed by atoms with E-state index in [1.165, 1.54) is 17.2 Å². The molecule has 144 valence electrons. The van der Waals surface area contributed by atoms with Crippen molar-refractivity contribution in [2.45, 2.75) is 43.5 Å². The Labute approximate surface area is 149 Å². The Kier molecular flexibility index (Phi) is 5.65. The van der Waals surface area contributed by atoms with Crippen molar-refractivity contribution in [2.24, 2.45) is 5.73 Å². The van der Waals surface area contributed by atoms with E-state index in [-0.39, 0.29) is 18.1 Å². The highest BCUT2D eigenvalue weighted by Gasteiger charge is 2.57. The van der Waals surface area contributed by atoms with Crippen LogP contribution in [-0.2, 0) is 15.4 Å². The van der Waals surface area contributed by atoms with E-state index in [0.717, 1.165) is 12.8 Å². The average molecular weight is 368 g/mol. The van der Waals surface area contributed by atoms with E-state index in [0.29, 0.717) is 18.5 Å². The van der Waals surface area contributed by atoms with E-state index >= 15 is 0 Å². The van der Waals surface area contributed by atoms with Gasteiger partial charge in [-0.2, -0.15) is 0 Å². The highest BCUT2D eigenvalue weighted by molar-refractivity contribution is 5.81. The van der Waals surface area contributed by atoms with Crippen LogP contribution >= 0.6 is 0 Å². The smallest absolute Gasteiger partial charge is 0.288 e. The molecule has 4 atom stereocenters. The molecule has 1 aliphatic rings. The highest BCUT2D eigenvalue weighted by atomic mass is 16.7. The minimum atomic E-state index is -1.79.